The number of nitrogens with one attached hydrogen (secondary N) is 5. The van der Waals surface area contributed by atoms with E-state index in [0.29, 0.717) is 24.8 Å². The summed E-state index contributed by atoms with van der Waals surface area (Å²) in [4.78, 5) is 97.6. The molecule has 70 heavy (non-hydrogen) atoms. The highest BCUT2D eigenvalue weighted by Gasteiger charge is 2.44. The quantitative estimate of drug-likeness (QED) is 0.0456. The third-order valence-corrected chi connectivity index (χ3v) is 13.4. The molecule has 0 aromatic heterocycles. The normalized spacial score (nSPS) is 19.7. The van der Waals surface area contributed by atoms with Crippen LogP contribution in [0.1, 0.15) is 136 Å². The van der Waals surface area contributed by atoms with Crippen molar-refractivity contribution < 1.29 is 59.1 Å². The van der Waals surface area contributed by atoms with Crippen LogP contribution in [0.2, 0.25) is 0 Å². The molecule has 2 fully saturated rings. The summed E-state index contributed by atoms with van der Waals surface area (Å²) in [6.45, 7) is 9.18. The van der Waals surface area contributed by atoms with Crippen molar-refractivity contribution in [2.45, 2.75) is 192 Å². The Morgan fingerprint density at radius 1 is 0.671 bits per heavy atom. The molecule has 3 rings (SSSR count). The molecule has 2 aliphatic heterocycles. The second-order valence-electron chi connectivity index (χ2n) is 19.6. The molecule has 2 aliphatic rings. The van der Waals surface area contributed by atoms with Crippen LogP contribution in [0, 0.1) is 11.8 Å². The predicted octanol–water partition coefficient (Wildman–Crippen LogP) is 0.629. The summed E-state index contributed by atoms with van der Waals surface area (Å²) < 4.78 is 0. The summed E-state index contributed by atoms with van der Waals surface area (Å²) in [5, 5.41) is 65.6. The Balaban J connectivity index is 1.67. The topological polar surface area (TPSA) is 313 Å². The lowest BCUT2D eigenvalue weighted by molar-refractivity contribution is -0.146. The van der Waals surface area contributed by atoms with Gasteiger partial charge in [0.15, 0.2) is 0 Å². The third kappa shape index (κ3) is 19.7. The second kappa shape index (κ2) is 30.8. The first-order valence-corrected chi connectivity index (χ1v) is 25.5. The number of phenolic OH excluding ortho intramolecular Hbond substituents is 1. The Morgan fingerprint density at radius 2 is 1.26 bits per heavy atom. The van der Waals surface area contributed by atoms with Crippen LogP contribution in [0.4, 0.5) is 0 Å². The van der Waals surface area contributed by atoms with Gasteiger partial charge in [0.25, 0.3) is 0 Å². The van der Waals surface area contributed by atoms with Gasteiger partial charge in [-0.2, -0.15) is 0 Å². The minimum Gasteiger partial charge on any atom is -0.508 e. The fraction of sp³-hybridized carbons (Fsp3) is 0.740. The number of unbranched alkanes of at least 4 members (excludes halogenated alkanes) is 5. The van der Waals surface area contributed by atoms with E-state index in [1.165, 1.54) is 68.7 Å². The Morgan fingerprint density at radius 3 is 1.84 bits per heavy atom. The van der Waals surface area contributed by atoms with Gasteiger partial charge in [-0.05, 0) is 94.9 Å². The molecule has 1 aromatic carbocycles. The third-order valence-electron chi connectivity index (χ3n) is 13.4. The van der Waals surface area contributed by atoms with E-state index >= 15 is 0 Å². The molecule has 2 heterocycles. The Bertz CT molecular complexity index is 1820. The van der Waals surface area contributed by atoms with Crippen LogP contribution in [-0.4, -0.2) is 164 Å². The fourth-order valence-corrected chi connectivity index (χ4v) is 9.15. The van der Waals surface area contributed by atoms with Crippen LogP contribution < -0.4 is 32.3 Å². The van der Waals surface area contributed by atoms with E-state index in [-0.39, 0.29) is 69.9 Å². The van der Waals surface area contributed by atoms with Crippen LogP contribution >= 0.6 is 0 Å². The maximum atomic E-state index is 14.3. The van der Waals surface area contributed by atoms with Crippen molar-refractivity contribution in [1.82, 2.24) is 36.4 Å². The SMILES string of the molecule is CCC(C)CC(C)CCCCCCCCC(=O)NCC(=O)NC(C(=O)N1CCCC1C(=O)NC(C(=O)NC(C(=O)N1CCCC1C(=O)NC[C@@H](C)O)[C@H](O)CCN)C(O)Cc1ccc(O)cc1)[C@@H](C)O. The predicted molar refractivity (Wildman–Crippen MR) is 262 cm³/mol. The molecule has 12 N–H and O–H groups in total. The monoisotopic (exact) mass is 989 g/mol. The summed E-state index contributed by atoms with van der Waals surface area (Å²) in [5.41, 5.74) is 6.19. The van der Waals surface area contributed by atoms with Crippen LogP contribution in [-0.2, 0) is 40.0 Å². The molecular formula is C50H84N8O12. The largest absolute Gasteiger partial charge is 0.508 e. The molecular weight excluding hydrogens is 905 g/mol. The molecule has 8 unspecified atom stereocenters. The van der Waals surface area contributed by atoms with Gasteiger partial charge in [0.2, 0.25) is 41.4 Å². The van der Waals surface area contributed by atoms with Gasteiger partial charge in [0, 0.05) is 32.5 Å². The minimum atomic E-state index is -1.79. The van der Waals surface area contributed by atoms with Crippen molar-refractivity contribution in [2.24, 2.45) is 17.6 Å². The number of aromatic hydroxyl groups is 1. The highest BCUT2D eigenvalue weighted by Crippen LogP contribution is 2.24. The summed E-state index contributed by atoms with van der Waals surface area (Å²) in [5.74, 6) is -3.72. The van der Waals surface area contributed by atoms with Gasteiger partial charge in [-0.25, -0.2) is 0 Å². The van der Waals surface area contributed by atoms with Crippen LogP contribution in [0.3, 0.4) is 0 Å². The Kier molecular flexibility index (Phi) is 26.1. The van der Waals surface area contributed by atoms with Gasteiger partial charge in [-0.1, -0.05) is 77.8 Å². The first-order chi connectivity index (χ1) is 33.3. The number of nitrogens with zero attached hydrogens (tertiary/aromatic N) is 2. The lowest BCUT2D eigenvalue weighted by atomic mass is 9.91. The first kappa shape index (κ1) is 59.4. The average Bonchev–Trinajstić information content (AvgIpc) is 4.03. The van der Waals surface area contributed by atoms with Gasteiger partial charge in [0.05, 0.1) is 31.0 Å². The van der Waals surface area contributed by atoms with Crippen molar-refractivity contribution in [3.63, 3.8) is 0 Å². The number of carbonyl (C=O) groups is 7. The number of aliphatic hydroxyl groups is 4. The standard InChI is InChI=1S/C50H84N8O12/c1-6-31(2)27-32(3)15-11-9-7-8-10-12-18-41(64)52-30-42(65)54-43(34(5)60)49(69)58-26-14-17-38(58)47(67)55-44(40(63)28-35-19-21-36(61)22-20-35)48(68)56-45(39(62)23-24-51)50(70)57-25-13-16-37(57)46(66)53-29-33(4)59/h19-22,31-34,37-40,43-45,59-63H,6-18,23-30,51H2,1-5H3,(H,52,64)(H,53,66)(H,54,65)(H,55,67)(H,56,68)/t31?,32?,33-,34-,37?,38?,39-,40?,43?,44?,45?/m1/s1. The number of nitrogens with two attached hydrogens (primary N) is 1. The summed E-state index contributed by atoms with van der Waals surface area (Å²) >= 11 is 0. The average molecular weight is 989 g/mol. The molecule has 11 atom stereocenters. The number of hydrogen-bond donors (Lipinski definition) is 11. The van der Waals surface area contributed by atoms with Crippen molar-refractivity contribution in [3.05, 3.63) is 29.8 Å². The first-order valence-electron chi connectivity index (χ1n) is 25.5. The van der Waals surface area contributed by atoms with Crippen LogP contribution in [0.15, 0.2) is 24.3 Å². The maximum absolute atomic E-state index is 14.3. The molecule has 0 spiro atoms. The number of hydrogen-bond acceptors (Lipinski definition) is 13. The number of carbonyl (C=O) groups excluding carboxylic acids is 7. The number of benzene rings is 1. The zero-order chi connectivity index (χ0) is 51.9. The number of rotatable bonds is 31. The van der Waals surface area contributed by atoms with Crippen molar-refractivity contribution in [3.8, 4) is 5.75 Å². The molecule has 2 saturated heterocycles. The van der Waals surface area contributed by atoms with E-state index in [4.69, 9.17) is 5.73 Å². The number of likely N-dealkylation sites (tertiary alicyclic amines) is 2. The lowest BCUT2D eigenvalue weighted by Crippen LogP contribution is -2.64. The number of phenols is 1. The van der Waals surface area contributed by atoms with E-state index in [2.05, 4.69) is 47.4 Å². The molecule has 20 nitrogen and oxygen atoms in total. The molecule has 7 amide bonds. The zero-order valence-electron chi connectivity index (χ0n) is 42.1. The second-order valence-corrected chi connectivity index (χ2v) is 19.6. The molecule has 0 radical (unpaired) electrons. The van der Waals surface area contributed by atoms with Crippen LogP contribution in [0.5, 0.6) is 5.75 Å². The zero-order valence-corrected chi connectivity index (χ0v) is 42.1. The van der Waals surface area contributed by atoms with Gasteiger partial charge in [-0.15, -0.1) is 0 Å². The van der Waals surface area contributed by atoms with Crippen molar-refractivity contribution >= 4 is 41.4 Å². The molecule has 0 saturated carbocycles. The summed E-state index contributed by atoms with van der Waals surface area (Å²) in [6.07, 6.45) is 5.24. The fourth-order valence-electron chi connectivity index (χ4n) is 9.15. The Hall–Kier alpha value is -4.89. The van der Waals surface area contributed by atoms with E-state index in [1.807, 2.05) is 0 Å². The molecule has 396 valence electrons. The summed E-state index contributed by atoms with van der Waals surface area (Å²) in [7, 11) is 0. The lowest BCUT2D eigenvalue weighted by Gasteiger charge is -2.34. The van der Waals surface area contributed by atoms with Crippen molar-refractivity contribution in [1.29, 1.82) is 0 Å². The van der Waals surface area contributed by atoms with E-state index in [1.54, 1.807) is 0 Å². The van der Waals surface area contributed by atoms with Gasteiger partial charge < -0.3 is 67.7 Å². The highest BCUT2D eigenvalue weighted by molar-refractivity contribution is 5.97. The molecule has 0 aliphatic carbocycles. The summed E-state index contributed by atoms with van der Waals surface area (Å²) in [6, 6.07) is -1.45. The van der Waals surface area contributed by atoms with Crippen LogP contribution in [0.25, 0.3) is 0 Å². The van der Waals surface area contributed by atoms with E-state index in [9.17, 15) is 59.1 Å². The van der Waals surface area contributed by atoms with Gasteiger partial charge in [0.1, 0.15) is 36.0 Å². The number of aliphatic hydroxyl groups excluding tert-OH is 4. The van der Waals surface area contributed by atoms with E-state index in [0.717, 1.165) is 42.4 Å². The minimum absolute atomic E-state index is 0.0423. The molecule has 0 bridgehead atoms. The van der Waals surface area contributed by atoms with Gasteiger partial charge in [-0.3, -0.25) is 33.6 Å². The van der Waals surface area contributed by atoms with Crippen molar-refractivity contribution in [2.75, 3.05) is 32.7 Å². The smallest absolute Gasteiger partial charge is 0.248 e. The Labute approximate surface area is 413 Å². The molecule has 20 heteroatoms. The number of amides is 7. The molecule has 1 aromatic rings. The highest BCUT2D eigenvalue weighted by atomic mass is 16.3. The maximum Gasteiger partial charge on any atom is 0.248 e. The van der Waals surface area contributed by atoms with Gasteiger partial charge >= 0.3 is 0 Å². The van der Waals surface area contributed by atoms with E-state index < -0.39 is 96.6 Å².